The highest BCUT2D eigenvalue weighted by molar-refractivity contribution is 5.96. The molecule has 2 nitrogen and oxygen atoms in total. The summed E-state index contributed by atoms with van der Waals surface area (Å²) in [4.78, 5) is 4.66. The number of hydrogen-bond donors (Lipinski definition) is 0. The highest BCUT2D eigenvalue weighted by Crippen LogP contribution is 2.41. The highest BCUT2D eigenvalue weighted by atomic mass is 15.4. The van der Waals surface area contributed by atoms with Crippen molar-refractivity contribution in [2.45, 2.75) is 0 Å². The number of anilines is 3. The number of hydrogen-bond acceptors (Lipinski definition) is 2. The van der Waals surface area contributed by atoms with Crippen LogP contribution < -0.4 is 9.80 Å². The fourth-order valence-corrected chi connectivity index (χ4v) is 2.93. The molecule has 1 aliphatic rings. The summed E-state index contributed by atoms with van der Waals surface area (Å²) in [6.45, 7) is 0.898. The highest BCUT2D eigenvalue weighted by Gasteiger charge is 2.24. The summed E-state index contributed by atoms with van der Waals surface area (Å²) in [6.07, 6.45) is 0. The van der Waals surface area contributed by atoms with Crippen LogP contribution >= 0.6 is 0 Å². The van der Waals surface area contributed by atoms with Crippen molar-refractivity contribution in [3.63, 3.8) is 0 Å². The first-order valence-electron chi connectivity index (χ1n) is 6.89. The maximum atomic E-state index is 2.36. The van der Waals surface area contributed by atoms with Crippen molar-refractivity contribution in [2.75, 3.05) is 23.5 Å². The van der Waals surface area contributed by atoms with Gasteiger partial charge in [0, 0.05) is 12.7 Å². The van der Waals surface area contributed by atoms with Gasteiger partial charge in [-0.05, 0) is 35.0 Å². The number of nitrogens with zero attached hydrogens (tertiary/aromatic N) is 2. The average molecular weight is 260 g/mol. The Bertz CT molecular complexity index is 765. The van der Waals surface area contributed by atoms with Crippen LogP contribution in [0.2, 0.25) is 0 Å². The van der Waals surface area contributed by atoms with Gasteiger partial charge in [0.15, 0.2) is 0 Å². The third kappa shape index (κ3) is 1.65. The van der Waals surface area contributed by atoms with Crippen molar-refractivity contribution >= 4 is 27.8 Å². The van der Waals surface area contributed by atoms with Gasteiger partial charge < -0.3 is 9.80 Å². The molecule has 3 aromatic rings. The molecule has 0 unspecified atom stereocenters. The molecule has 3 aromatic carbocycles. The molecule has 1 aliphatic heterocycles. The third-order valence-corrected chi connectivity index (χ3v) is 3.97. The van der Waals surface area contributed by atoms with E-state index in [0.717, 1.165) is 6.67 Å². The Morgan fingerprint density at radius 1 is 0.750 bits per heavy atom. The van der Waals surface area contributed by atoms with Crippen molar-refractivity contribution < 1.29 is 0 Å². The van der Waals surface area contributed by atoms with Crippen LogP contribution in [0.3, 0.4) is 0 Å². The van der Waals surface area contributed by atoms with E-state index in [1.54, 1.807) is 0 Å². The predicted molar refractivity (Wildman–Crippen MR) is 85.8 cm³/mol. The van der Waals surface area contributed by atoms with Crippen LogP contribution in [-0.2, 0) is 0 Å². The molecule has 98 valence electrons. The van der Waals surface area contributed by atoms with Gasteiger partial charge in [0.05, 0.1) is 18.0 Å². The first kappa shape index (κ1) is 11.4. The van der Waals surface area contributed by atoms with E-state index in [9.17, 15) is 0 Å². The first-order chi connectivity index (χ1) is 9.83. The zero-order valence-corrected chi connectivity index (χ0v) is 11.5. The molecule has 0 spiro atoms. The predicted octanol–water partition coefficient (Wildman–Crippen LogP) is 4.39. The molecule has 0 atom stereocenters. The fourth-order valence-electron chi connectivity index (χ4n) is 2.93. The van der Waals surface area contributed by atoms with Crippen LogP contribution in [-0.4, -0.2) is 13.7 Å². The van der Waals surface area contributed by atoms with Crippen LogP contribution in [0.1, 0.15) is 0 Å². The maximum absolute atomic E-state index is 2.36. The Hall–Kier alpha value is -2.48. The number of rotatable bonds is 1. The molecule has 0 saturated heterocycles. The summed E-state index contributed by atoms with van der Waals surface area (Å²) >= 11 is 0. The molecule has 0 aliphatic carbocycles. The molecule has 0 bridgehead atoms. The molecular formula is C18H16N2. The molecule has 20 heavy (non-hydrogen) atoms. The molecular weight excluding hydrogens is 244 g/mol. The standard InChI is InChI=1S/C18H16N2/c1-19-13-20(16-9-3-2-4-10-16)18-12-15-8-6-5-7-14(15)11-17(18)19/h2-12H,13H2,1H3. The number of para-hydroxylation sites is 1. The van der Waals surface area contributed by atoms with Gasteiger partial charge in [-0.25, -0.2) is 0 Å². The second-order valence-electron chi connectivity index (χ2n) is 5.29. The Labute approximate surface area is 118 Å². The van der Waals surface area contributed by atoms with E-state index >= 15 is 0 Å². The van der Waals surface area contributed by atoms with Gasteiger partial charge in [0.2, 0.25) is 0 Å². The molecule has 2 heteroatoms. The monoisotopic (exact) mass is 260 g/mol. The molecule has 4 rings (SSSR count). The second-order valence-corrected chi connectivity index (χ2v) is 5.29. The summed E-state index contributed by atoms with van der Waals surface area (Å²) in [5.41, 5.74) is 3.83. The van der Waals surface area contributed by atoms with Crippen molar-refractivity contribution in [2.24, 2.45) is 0 Å². The van der Waals surface area contributed by atoms with Crippen LogP contribution in [0.25, 0.3) is 10.8 Å². The molecule has 0 fully saturated rings. The van der Waals surface area contributed by atoms with Crippen LogP contribution in [0, 0.1) is 0 Å². The average Bonchev–Trinajstić information content (AvgIpc) is 2.83. The molecule has 0 N–H and O–H groups in total. The van der Waals surface area contributed by atoms with Crippen molar-refractivity contribution in [3.8, 4) is 0 Å². The van der Waals surface area contributed by atoms with Crippen molar-refractivity contribution in [1.29, 1.82) is 0 Å². The van der Waals surface area contributed by atoms with Crippen LogP contribution in [0.5, 0.6) is 0 Å². The summed E-state index contributed by atoms with van der Waals surface area (Å²) in [7, 11) is 2.15. The molecule has 0 saturated carbocycles. The van der Waals surface area contributed by atoms with E-state index in [4.69, 9.17) is 0 Å². The Kier molecular flexibility index (Phi) is 2.43. The molecule has 1 heterocycles. The van der Waals surface area contributed by atoms with Gasteiger partial charge in [-0.15, -0.1) is 0 Å². The lowest BCUT2D eigenvalue weighted by Gasteiger charge is -2.19. The minimum Gasteiger partial charge on any atom is -0.355 e. The van der Waals surface area contributed by atoms with E-state index in [1.165, 1.54) is 27.8 Å². The van der Waals surface area contributed by atoms with E-state index in [2.05, 4.69) is 83.6 Å². The number of benzene rings is 3. The minimum atomic E-state index is 0.898. The second kappa shape index (κ2) is 4.27. The zero-order chi connectivity index (χ0) is 13.5. The summed E-state index contributed by atoms with van der Waals surface area (Å²) in [6, 6.07) is 23.7. The van der Waals surface area contributed by atoms with E-state index in [-0.39, 0.29) is 0 Å². The minimum absolute atomic E-state index is 0.898. The first-order valence-corrected chi connectivity index (χ1v) is 6.89. The fraction of sp³-hybridized carbons (Fsp3) is 0.111. The van der Waals surface area contributed by atoms with Crippen molar-refractivity contribution in [3.05, 3.63) is 66.7 Å². The molecule has 0 aromatic heterocycles. The van der Waals surface area contributed by atoms with E-state index in [1.807, 2.05) is 0 Å². The van der Waals surface area contributed by atoms with Crippen molar-refractivity contribution in [1.82, 2.24) is 0 Å². The van der Waals surface area contributed by atoms with Gasteiger partial charge in [-0.2, -0.15) is 0 Å². The van der Waals surface area contributed by atoms with E-state index < -0.39 is 0 Å². The summed E-state index contributed by atoms with van der Waals surface area (Å²) < 4.78 is 0. The number of fused-ring (bicyclic) bond motifs is 2. The normalized spacial score (nSPS) is 13.8. The van der Waals surface area contributed by atoms with Crippen LogP contribution in [0.4, 0.5) is 17.1 Å². The summed E-state index contributed by atoms with van der Waals surface area (Å²) in [5.74, 6) is 0. The smallest absolute Gasteiger partial charge is 0.0950 e. The quantitative estimate of drug-likeness (QED) is 0.640. The largest absolute Gasteiger partial charge is 0.355 e. The Balaban J connectivity index is 1.92. The van der Waals surface area contributed by atoms with Crippen LogP contribution in [0.15, 0.2) is 66.7 Å². The Morgan fingerprint density at radius 2 is 1.35 bits per heavy atom. The topological polar surface area (TPSA) is 6.48 Å². The third-order valence-electron chi connectivity index (χ3n) is 3.97. The molecule has 0 radical (unpaired) electrons. The summed E-state index contributed by atoms with van der Waals surface area (Å²) in [5, 5.41) is 2.59. The SMILES string of the molecule is CN1CN(c2ccccc2)c2cc3ccccc3cc21. The lowest BCUT2D eigenvalue weighted by molar-refractivity contribution is 0.950. The molecule has 0 amide bonds. The Morgan fingerprint density at radius 3 is 2.05 bits per heavy atom. The lowest BCUT2D eigenvalue weighted by Crippen LogP contribution is -2.23. The maximum Gasteiger partial charge on any atom is 0.0950 e. The zero-order valence-electron chi connectivity index (χ0n) is 11.5. The van der Waals surface area contributed by atoms with Gasteiger partial charge in [-0.3, -0.25) is 0 Å². The van der Waals surface area contributed by atoms with Gasteiger partial charge in [0.25, 0.3) is 0 Å². The lowest BCUT2D eigenvalue weighted by atomic mass is 10.1. The van der Waals surface area contributed by atoms with E-state index in [0.29, 0.717) is 0 Å². The van der Waals surface area contributed by atoms with Gasteiger partial charge in [0.1, 0.15) is 0 Å². The van der Waals surface area contributed by atoms with Gasteiger partial charge >= 0.3 is 0 Å². The van der Waals surface area contributed by atoms with Gasteiger partial charge in [-0.1, -0.05) is 42.5 Å².